The first-order valence-electron chi connectivity index (χ1n) is 5.80. The van der Waals surface area contributed by atoms with E-state index in [4.69, 9.17) is 5.73 Å². The lowest BCUT2D eigenvalue weighted by Gasteiger charge is -2.18. The minimum absolute atomic E-state index is 0.156. The number of nitrogens with one attached hydrogen (secondary N) is 1. The summed E-state index contributed by atoms with van der Waals surface area (Å²) < 4.78 is 40.4. The van der Waals surface area contributed by atoms with Crippen LogP contribution in [0.15, 0.2) is 17.0 Å². The molecule has 0 bridgehead atoms. The molecule has 2 rings (SSSR count). The lowest BCUT2D eigenvalue weighted by atomic mass is 10.1. The summed E-state index contributed by atoms with van der Waals surface area (Å²) in [5.41, 5.74) is 5.89. The number of hydrogen-bond donors (Lipinski definition) is 2. The van der Waals surface area contributed by atoms with Crippen molar-refractivity contribution in [1.29, 1.82) is 0 Å². The van der Waals surface area contributed by atoms with Crippen molar-refractivity contribution in [1.82, 2.24) is 4.72 Å². The summed E-state index contributed by atoms with van der Waals surface area (Å²) in [5.74, 6) is -0.427. The van der Waals surface area contributed by atoms with Gasteiger partial charge in [0.1, 0.15) is 5.82 Å². The Balaban J connectivity index is 2.42. The molecule has 100 valence electrons. The molecule has 1 aromatic carbocycles. The molecule has 6 heteroatoms. The molecule has 0 radical (unpaired) electrons. The average molecular weight is 272 g/mol. The monoisotopic (exact) mass is 272 g/mol. The zero-order valence-corrected chi connectivity index (χ0v) is 11.3. The summed E-state index contributed by atoms with van der Waals surface area (Å²) in [6.45, 7) is 3.46. The van der Waals surface area contributed by atoms with E-state index in [-0.39, 0.29) is 11.4 Å². The normalized spacial score (nSPS) is 17.8. The second kappa shape index (κ2) is 4.29. The van der Waals surface area contributed by atoms with Crippen LogP contribution < -0.4 is 10.5 Å². The SMILES string of the molecule is Cc1cc(F)cc(C)c1S(=O)(=O)NC1(CN)CC1. The first kappa shape index (κ1) is 13.5. The van der Waals surface area contributed by atoms with E-state index in [9.17, 15) is 12.8 Å². The van der Waals surface area contributed by atoms with Crippen LogP contribution in [0, 0.1) is 19.7 Å². The third-order valence-electron chi connectivity index (χ3n) is 3.29. The Labute approximate surface area is 106 Å². The number of rotatable bonds is 4. The maximum Gasteiger partial charge on any atom is 0.241 e. The minimum Gasteiger partial charge on any atom is -0.329 e. The molecule has 1 saturated carbocycles. The van der Waals surface area contributed by atoms with Gasteiger partial charge in [0.15, 0.2) is 0 Å². The van der Waals surface area contributed by atoms with Gasteiger partial charge in [-0.05, 0) is 49.9 Å². The van der Waals surface area contributed by atoms with E-state index in [0.29, 0.717) is 11.1 Å². The van der Waals surface area contributed by atoms with Crippen LogP contribution in [0.5, 0.6) is 0 Å². The summed E-state index contributed by atoms with van der Waals surface area (Å²) in [6.07, 6.45) is 1.50. The van der Waals surface area contributed by atoms with Crippen molar-refractivity contribution in [3.8, 4) is 0 Å². The number of aryl methyl sites for hydroxylation is 2. The van der Waals surface area contributed by atoms with Crippen LogP contribution in [0.4, 0.5) is 4.39 Å². The Kier molecular flexibility index (Phi) is 3.21. The van der Waals surface area contributed by atoms with Gasteiger partial charge in [-0.25, -0.2) is 17.5 Å². The number of halogens is 1. The molecule has 0 saturated heterocycles. The molecule has 3 N–H and O–H groups in total. The second-order valence-electron chi connectivity index (χ2n) is 4.96. The van der Waals surface area contributed by atoms with Crippen LogP contribution in [-0.4, -0.2) is 20.5 Å². The van der Waals surface area contributed by atoms with Gasteiger partial charge in [-0.1, -0.05) is 0 Å². The fraction of sp³-hybridized carbons (Fsp3) is 0.500. The van der Waals surface area contributed by atoms with Gasteiger partial charge in [0, 0.05) is 12.1 Å². The summed E-state index contributed by atoms with van der Waals surface area (Å²) in [5, 5.41) is 0. The highest BCUT2D eigenvalue weighted by Gasteiger charge is 2.45. The van der Waals surface area contributed by atoms with Crippen LogP contribution in [-0.2, 0) is 10.0 Å². The molecule has 0 aromatic heterocycles. The van der Waals surface area contributed by atoms with E-state index in [1.54, 1.807) is 13.8 Å². The van der Waals surface area contributed by atoms with Crippen molar-refractivity contribution in [2.75, 3.05) is 6.54 Å². The highest BCUT2D eigenvalue weighted by atomic mass is 32.2. The van der Waals surface area contributed by atoms with Gasteiger partial charge in [-0.2, -0.15) is 0 Å². The Bertz CT molecular complexity index is 557. The third kappa shape index (κ3) is 2.41. The first-order valence-corrected chi connectivity index (χ1v) is 7.29. The molecule has 18 heavy (non-hydrogen) atoms. The predicted molar refractivity (Wildman–Crippen MR) is 67.2 cm³/mol. The standard InChI is InChI=1S/C12H17FN2O2S/c1-8-5-10(13)6-9(2)11(8)18(16,17)15-12(7-14)3-4-12/h5-6,15H,3-4,7,14H2,1-2H3. The lowest BCUT2D eigenvalue weighted by molar-refractivity contribution is 0.543. The first-order chi connectivity index (χ1) is 8.30. The summed E-state index contributed by atoms with van der Waals surface area (Å²) >= 11 is 0. The van der Waals surface area contributed by atoms with Gasteiger partial charge in [0.25, 0.3) is 0 Å². The quantitative estimate of drug-likeness (QED) is 0.865. The van der Waals surface area contributed by atoms with Gasteiger partial charge in [-0.15, -0.1) is 0 Å². The van der Waals surface area contributed by atoms with E-state index < -0.39 is 21.4 Å². The molecule has 1 aliphatic rings. The third-order valence-corrected chi connectivity index (χ3v) is 5.17. The number of hydrogen-bond acceptors (Lipinski definition) is 3. The van der Waals surface area contributed by atoms with Gasteiger partial charge >= 0.3 is 0 Å². The van der Waals surface area contributed by atoms with Gasteiger partial charge in [0.05, 0.1) is 4.90 Å². The molecular weight excluding hydrogens is 255 g/mol. The zero-order valence-electron chi connectivity index (χ0n) is 10.5. The maximum absolute atomic E-state index is 13.2. The van der Waals surface area contributed by atoms with Crippen molar-refractivity contribution in [3.05, 3.63) is 29.1 Å². The fourth-order valence-electron chi connectivity index (χ4n) is 2.16. The number of nitrogens with two attached hydrogens (primary N) is 1. The Morgan fingerprint density at radius 2 is 1.83 bits per heavy atom. The molecule has 1 aliphatic carbocycles. The van der Waals surface area contributed by atoms with Crippen molar-refractivity contribution >= 4 is 10.0 Å². The summed E-state index contributed by atoms with van der Waals surface area (Å²) in [6, 6.07) is 2.45. The maximum atomic E-state index is 13.2. The molecule has 0 spiro atoms. The van der Waals surface area contributed by atoms with Crippen LogP contribution in [0.2, 0.25) is 0 Å². The molecule has 0 aliphatic heterocycles. The highest BCUT2D eigenvalue weighted by Crippen LogP contribution is 2.36. The topological polar surface area (TPSA) is 72.2 Å². The van der Waals surface area contributed by atoms with Gasteiger partial charge in [0.2, 0.25) is 10.0 Å². The highest BCUT2D eigenvalue weighted by molar-refractivity contribution is 7.89. The molecule has 4 nitrogen and oxygen atoms in total. The molecular formula is C12H17FN2O2S. The van der Waals surface area contributed by atoms with E-state index in [0.717, 1.165) is 12.8 Å². The van der Waals surface area contributed by atoms with Crippen LogP contribution >= 0.6 is 0 Å². The van der Waals surface area contributed by atoms with Crippen LogP contribution in [0.3, 0.4) is 0 Å². The Morgan fingerprint density at radius 3 is 2.22 bits per heavy atom. The van der Waals surface area contributed by atoms with Crippen molar-refractivity contribution < 1.29 is 12.8 Å². The lowest BCUT2D eigenvalue weighted by Crippen LogP contribution is -2.42. The van der Waals surface area contributed by atoms with Gasteiger partial charge in [-0.3, -0.25) is 0 Å². The minimum atomic E-state index is -3.64. The summed E-state index contributed by atoms with van der Waals surface area (Å²) in [7, 11) is -3.64. The molecule has 0 unspecified atom stereocenters. The van der Waals surface area contributed by atoms with Crippen molar-refractivity contribution in [2.24, 2.45) is 5.73 Å². The van der Waals surface area contributed by atoms with Crippen molar-refractivity contribution in [2.45, 2.75) is 37.1 Å². The van der Waals surface area contributed by atoms with E-state index in [1.165, 1.54) is 12.1 Å². The smallest absolute Gasteiger partial charge is 0.241 e. The van der Waals surface area contributed by atoms with E-state index in [1.807, 2.05) is 0 Å². The predicted octanol–water partition coefficient (Wildman–Crippen LogP) is 1.21. The number of benzene rings is 1. The molecule has 0 amide bonds. The molecule has 1 fully saturated rings. The summed E-state index contributed by atoms with van der Waals surface area (Å²) in [4.78, 5) is 0.156. The Morgan fingerprint density at radius 1 is 1.33 bits per heavy atom. The van der Waals surface area contributed by atoms with Crippen LogP contribution in [0.1, 0.15) is 24.0 Å². The molecule has 0 atom stereocenters. The number of sulfonamides is 1. The van der Waals surface area contributed by atoms with Gasteiger partial charge < -0.3 is 5.73 Å². The second-order valence-corrected chi connectivity index (χ2v) is 6.58. The molecule has 0 heterocycles. The van der Waals surface area contributed by atoms with E-state index >= 15 is 0 Å². The largest absolute Gasteiger partial charge is 0.329 e. The fourth-order valence-corrected chi connectivity index (χ4v) is 4.08. The van der Waals surface area contributed by atoms with E-state index in [2.05, 4.69) is 4.72 Å². The zero-order chi connectivity index (χ0) is 13.6. The van der Waals surface area contributed by atoms with Crippen molar-refractivity contribution in [3.63, 3.8) is 0 Å². The molecule has 1 aromatic rings. The average Bonchev–Trinajstić information content (AvgIpc) is 2.95. The Hall–Kier alpha value is -0.980. The van der Waals surface area contributed by atoms with Crippen LogP contribution in [0.25, 0.3) is 0 Å².